The van der Waals surface area contributed by atoms with Crippen molar-refractivity contribution in [1.29, 1.82) is 0 Å². The van der Waals surface area contributed by atoms with E-state index in [9.17, 15) is 4.79 Å². The van der Waals surface area contributed by atoms with Gasteiger partial charge in [-0.3, -0.25) is 4.79 Å². The zero-order chi connectivity index (χ0) is 7.98. The number of aliphatic hydroxyl groups is 1. The summed E-state index contributed by atoms with van der Waals surface area (Å²) in [7, 11) is 0. The van der Waals surface area contributed by atoms with Crippen LogP contribution in [0.3, 0.4) is 0 Å². The molecule has 0 saturated heterocycles. The Balaban J connectivity index is 3.63. The molecule has 0 atom stereocenters. The lowest BCUT2D eigenvalue weighted by atomic mass is 10.4. The monoisotopic (exact) mass is 143 g/mol. The third-order valence-electron chi connectivity index (χ3n) is 1.04. The normalized spacial score (nSPS) is 11.2. The van der Waals surface area contributed by atoms with E-state index in [1.807, 2.05) is 6.92 Å². The molecule has 0 aromatic heterocycles. The molecule has 10 heavy (non-hydrogen) atoms. The first-order valence-corrected chi connectivity index (χ1v) is 3.35. The molecule has 0 bridgehead atoms. The maximum atomic E-state index is 10.7. The van der Waals surface area contributed by atoms with E-state index in [0.717, 1.165) is 6.42 Å². The van der Waals surface area contributed by atoms with E-state index in [4.69, 9.17) is 5.11 Å². The first kappa shape index (κ1) is 9.01. The van der Waals surface area contributed by atoms with Gasteiger partial charge in [-0.25, -0.2) is 0 Å². The van der Waals surface area contributed by atoms with Crippen molar-refractivity contribution >= 4 is 5.91 Å². The van der Waals surface area contributed by atoms with E-state index in [-0.39, 0.29) is 5.76 Å². The van der Waals surface area contributed by atoms with Crippen LogP contribution in [0.15, 0.2) is 11.8 Å². The molecular formula is C7H13NO2. The lowest BCUT2D eigenvalue weighted by molar-refractivity contribution is -0.119. The van der Waals surface area contributed by atoms with Crippen LogP contribution in [0.25, 0.3) is 0 Å². The van der Waals surface area contributed by atoms with E-state index in [2.05, 4.69) is 5.32 Å². The van der Waals surface area contributed by atoms with Gasteiger partial charge in [0.15, 0.2) is 5.76 Å². The van der Waals surface area contributed by atoms with Gasteiger partial charge in [0.05, 0.1) is 0 Å². The Morgan fingerprint density at radius 3 is 2.70 bits per heavy atom. The Hall–Kier alpha value is -0.990. The molecule has 0 heterocycles. The smallest absolute Gasteiger partial charge is 0.285 e. The maximum absolute atomic E-state index is 10.7. The van der Waals surface area contributed by atoms with E-state index < -0.39 is 5.91 Å². The molecule has 0 aliphatic heterocycles. The van der Waals surface area contributed by atoms with Crippen LogP contribution in [-0.2, 0) is 4.79 Å². The number of allylic oxidation sites excluding steroid dienone is 1. The van der Waals surface area contributed by atoms with Crippen molar-refractivity contribution in [2.45, 2.75) is 20.3 Å². The Labute approximate surface area is 60.7 Å². The Morgan fingerprint density at radius 1 is 1.70 bits per heavy atom. The summed E-state index contributed by atoms with van der Waals surface area (Å²) in [5.74, 6) is -0.613. The van der Waals surface area contributed by atoms with E-state index >= 15 is 0 Å². The van der Waals surface area contributed by atoms with Crippen molar-refractivity contribution in [2.75, 3.05) is 6.54 Å². The van der Waals surface area contributed by atoms with Gasteiger partial charge in [-0.1, -0.05) is 6.92 Å². The molecule has 2 N–H and O–H groups in total. The minimum absolute atomic E-state index is 0.214. The number of carbonyl (C=O) groups excluding carboxylic acids is 1. The van der Waals surface area contributed by atoms with Crippen molar-refractivity contribution < 1.29 is 9.90 Å². The fourth-order valence-electron chi connectivity index (χ4n) is 0.460. The second-order valence-corrected chi connectivity index (χ2v) is 1.93. The first-order chi connectivity index (χ1) is 4.72. The van der Waals surface area contributed by atoms with Crippen LogP contribution in [0, 0.1) is 0 Å². The van der Waals surface area contributed by atoms with E-state index in [0.29, 0.717) is 6.54 Å². The standard InChI is InChI=1S/C7H13NO2/c1-3-5-8-7(10)6(9)4-2/h4,9H,3,5H2,1-2H3,(H,8,10). The van der Waals surface area contributed by atoms with Gasteiger partial charge in [0, 0.05) is 6.54 Å². The third kappa shape index (κ3) is 3.12. The van der Waals surface area contributed by atoms with Crippen LogP contribution in [0.1, 0.15) is 20.3 Å². The van der Waals surface area contributed by atoms with Crippen LogP contribution in [0.2, 0.25) is 0 Å². The van der Waals surface area contributed by atoms with Crippen LogP contribution >= 0.6 is 0 Å². The molecule has 0 aromatic rings. The lowest BCUT2D eigenvalue weighted by Crippen LogP contribution is -2.25. The highest BCUT2D eigenvalue weighted by Crippen LogP contribution is 1.85. The predicted molar refractivity (Wildman–Crippen MR) is 39.7 cm³/mol. The summed E-state index contributed by atoms with van der Waals surface area (Å²) in [5.41, 5.74) is 0. The molecule has 3 heteroatoms. The SMILES string of the molecule is CC=C(O)C(=O)NCCC. The molecule has 0 rings (SSSR count). The molecule has 0 aromatic carbocycles. The summed E-state index contributed by atoms with van der Waals surface area (Å²) < 4.78 is 0. The molecule has 0 aliphatic rings. The number of amides is 1. The lowest BCUT2D eigenvalue weighted by Gasteiger charge is -1.99. The zero-order valence-electron chi connectivity index (χ0n) is 6.35. The number of rotatable bonds is 3. The van der Waals surface area contributed by atoms with Gasteiger partial charge in [-0.15, -0.1) is 0 Å². The highest BCUT2D eigenvalue weighted by atomic mass is 16.3. The molecule has 1 amide bonds. The highest BCUT2D eigenvalue weighted by Gasteiger charge is 2.02. The predicted octanol–water partition coefficient (Wildman–Crippen LogP) is 0.974. The summed E-state index contributed by atoms with van der Waals surface area (Å²) >= 11 is 0. The Morgan fingerprint density at radius 2 is 2.30 bits per heavy atom. The topological polar surface area (TPSA) is 49.3 Å². The highest BCUT2D eigenvalue weighted by molar-refractivity contribution is 5.90. The molecule has 3 nitrogen and oxygen atoms in total. The van der Waals surface area contributed by atoms with Gasteiger partial charge in [0.1, 0.15) is 0 Å². The second-order valence-electron chi connectivity index (χ2n) is 1.93. The summed E-state index contributed by atoms with van der Waals surface area (Å²) in [6, 6.07) is 0. The van der Waals surface area contributed by atoms with Crippen molar-refractivity contribution in [3.8, 4) is 0 Å². The molecule has 0 radical (unpaired) electrons. The van der Waals surface area contributed by atoms with Crippen molar-refractivity contribution in [3.63, 3.8) is 0 Å². The molecular weight excluding hydrogens is 130 g/mol. The van der Waals surface area contributed by atoms with Crippen LogP contribution in [0.4, 0.5) is 0 Å². The molecule has 0 spiro atoms. The molecule has 0 fully saturated rings. The van der Waals surface area contributed by atoms with Crippen molar-refractivity contribution in [1.82, 2.24) is 5.32 Å². The van der Waals surface area contributed by atoms with Crippen molar-refractivity contribution in [3.05, 3.63) is 11.8 Å². The van der Waals surface area contributed by atoms with Gasteiger partial charge in [-0.05, 0) is 19.4 Å². The summed E-state index contributed by atoms with van der Waals surface area (Å²) in [5, 5.41) is 11.3. The number of nitrogens with one attached hydrogen (secondary N) is 1. The fourth-order valence-corrected chi connectivity index (χ4v) is 0.460. The van der Waals surface area contributed by atoms with Gasteiger partial charge in [0.2, 0.25) is 0 Å². The first-order valence-electron chi connectivity index (χ1n) is 3.35. The largest absolute Gasteiger partial charge is 0.503 e. The fraction of sp³-hybridized carbons (Fsp3) is 0.571. The average Bonchev–Trinajstić information content (AvgIpc) is 1.98. The number of carbonyl (C=O) groups is 1. The molecule has 58 valence electrons. The maximum Gasteiger partial charge on any atom is 0.285 e. The minimum Gasteiger partial charge on any atom is -0.503 e. The summed E-state index contributed by atoms with van der Waals surface area (Å²) in [4.78, 5) is 10.7. The van der Waals surface area contributed by atoms with Crippen LogP contribution < -0.4 is 5.32 Å². The van der Waals surface area contributed by atoms with E-state index in [1.165, 1.54) is 6.08 Å². The molecule has 0 saturated carbocycles. The van der Waals surface area contributed by atoms with Gasteiger partial charge >= 0.3 is 0 Å². The van der Waals surface area contributed by atoms with E-state index in [1.54, 1.807) is 6.92 Å². The minimum atomic E-state index is -0.399. The number of hydrogen-bond donors (Lipinski definition) is 2. The van der Waals surface area contributed by atoms with Gasteiger partial charge in [-0.2, -0.15) is 0 Å². The molecule has 0 aliphatic carbocycles. The number of hydrogen-bond acceptors (Lipinski definition) is 2. The third-order valence-corrected chi connectivity index (χ3v) is 1.04. The van der Waals surface area contributed by atoms with Crippen molar-refractivity contribution in [2.24, 2.45) is 0 Å². The number of aliphatic hydroxyl groups excluding tert-OH is 1. The summed E-state index contributed by atoms with van der Waals surface area (Å²) in [6.07, 6.45) is 2.24. The van der Waals surface area contributed by atoms with Gasteiger partial charge in [0.25, 0.3) is 5.91 Å². The summed E-state index contributed by atoms with van der Waals surface area (Å²) in [6.45, 7) is 4.17. The van der Waals surface area contributed by atoms with Crippen LogP contribution in [-0.4, -0.2) is 17.6 Å². The average molecular weight is 143 g/mol. The van der Waals surface area contributed by atoms with Crippen LogP contribution in [0.5, 0.6) is 0 Å². The van der Waals surface area contributed by atoms with Gasteiger partial charge < -0.3 is 10.4 Å². The zero-order valence-corrected chi connectivity index (χ0v) is 6.35. The second kappa shape index (κ2) is 4.85. The Bertz CT molecular complexity index is 141. The quantitative estimate of drug-likeness (QED) is 0.457. The molecule has 0 unspecified atom stereocenters. The Kier molecular flexibility index (Phi) is 4.37.